The number of nitrogens with zero attached hydrogens (tertiary/aromatic N) is 3. The number of fused-ring (bicyclic) bond motifs is 1. The molecule has 1 saturated heterocycles. The Kier molecular flexibility index (Phi) is 7.16. The second-order valence-corrected chi connectivity index (χ2v) is 11.7. The summed E-state index contributed by atoms with van der Waals surface area (Å²) in [6.07, 6.45) is 3.82. The van der Waals surface area contributed by atoms with Gasteiger partial charge in [0.25, 0.3) is 5.91 Å². The average Bonchev–Trinajstić information content (AvgIpc) is 3.15. The molecule has 0 bridgehead atoms. The number of rotatable bonds is 6. The van der Waals surface area contributed by atoms with E-state index in [2.05, 4.69) is 48.5 Å². The molecule has 1 atom stereocenters. The first kappa shape index (κ1) is 23.9. The molecule has 0 saturated carbocycles. The van der Waals surface area contributed by atoms with Crippen molar-refractivity contribution in [2.75, 3.05) is 13.1 Å². The van der Waals surface area contributed by atoms with Gasteiger partial charge in [-0.3, -0.25) is 4.79 Å². The zero-order valence-electron chi connectivity index (χ0n) is 19.5. The highest BCUT2D eigenvalue weighted by Crippen LogP contribution is 2.24. The number of aryl methyl sites for hydroxylation is 2. The number of carbonyl (C=O) groups is 1. The van der Waals surface area contributed by atoms with Gasteiger partial charge in [0, 0.05) is 25.2 Å². The molecule has 1 unspecified atom stereocenters. The summed E-state index contributed by atoms with van der Waals surface area (Å²) in [5.74, 6) is -0.00428. The van der Waals surface area contributed by atoms with Crippen molar-refractivity contribution in [3.63, 3.8) is 0 Å². The number of benzene rings is 2. The highest BCUT2D eigenvalue weighted by Gasteiger charge is 2.28. The van der Waals surface area contributed by atoms with Gasteiger partial charge in [-0.25, -0.2) is 8.42 Å². The first-order valence-electron chi connectivity index (χ1n) is 11.6. The maximum atomic E-state index is 13.0. The molecule has 1 amide bonds. The van der Waals surface area contributed by atoms with Crippen molar-refractivity contribution >= 4 is 37.5 Å². The molecule has 33 heavy (non-hydrogen) atoms. The summed E-state index contributed by atoms with van der Waals surface area (Å²) in [5.41, 5.74) is 2.73. The van der Waals surface area contributed by atoms with E-state index in [-0.39, 0.29) is 10.8 Å². The molecule has 2 aromatic carbocycles. The maximum absolute atomic E-state index is 13.0. The summed E-state index contributed by atoms with van der Waals surface area (Å²) >= 11 is 1.52. The standard InChI is InChI=1S/C25H31N3O3S2/c1-4-14-28-22-13-8-19(5-2)16-23(22)32-25(28)26-24(29)20-9-11-21(12-10-20)33(30,31)27-15-6-7-18(3)17-27/h8-13,16,18H,4-7,14-15,17H2,1-3H3. The zero-order valence-corrected chi connectivity index (χ0v) is 21.1. The van der Waals surface area contributed by atoms with Gasteiger partial charge in [0.05, 0.1) is 15.1 Å². The van der Waals surface area contributed by atoms with Crippen LogP contribution in [0.1, 0.15) is 56.0 Å². The molecule has 1 fully saturated rings. The van der Waals surface area contributed by atoms with Crippen LogP contribution >= 0.6 is 11.3 Å². The van der Waals surface area contributed by atoms with Crippen LogP contribution in [-0.2, 0) is 23.0 Å². The molecule has 6 nitrogen and oxygen atoms in total. The number of carbonyl (C=O) groups excluding carboxylic acids is 1. The minimum atomic E-state index is -3.54. The van der Waals surface area contributed by atoms with Gasteiger partial charge in [0.15, 0.2) is 4.80 Å². The lowest BCUT2D eigenvalue weighted by Gasteiger charge is -2.30. The van der Waals surface area contributed by atoms with Crippen LogP contribution in [0.25, 0.3) is 10.2 Å². The first-order chi connectivity index (χ1) is 15.8. The molecule has 176 valence electrons. The second-order valence-electron chi connectivity index (χ2n) is 8.74. The molecule has 4 rings (SSSR count). The van der Waals surface area contributed by atoms with E-state index in [0.29, 0.717) is 29.4 Å². The molecule has 0 N–H and O–H groups in total. The highest BCUT2D eigenvalue weighted by molar-refractivity contribution is 7.89. The lowest BCUT2D eigenvalue weighted by Crippen LogP contribution is -2.39. The number of hydrogen-bond acceptors (Lipinski definition) is 4. The van der Waals surface area contributed by atoms with Crippen LogP contribution in [0, 0.1) is 5.92 Å². The molecule has 0 radical (unpaired) electrons. The van der Waals surface area contributed by atoms with Crippen molar-refractivity contribution in [3.8, 4) is 0 Å². The van der Waals surface area contributed by atoms with Gasteiger partial charge < -0.3 is 4.57 Å². The molecule has 3 aromatic rings. The molecular formula is C25H31N3O3S2. The Hall–Kier alpha value is -2.29. The van der Waals surface area contributed by atoms with E-state index in [1.165, 1.54) is 29.0 Å². The van der Waals surface area contributed by atoms with Crippen molar-refractivity contribution in [3.05, 3.63) is 58.4 Å². The van der Waals surface area contributed by atoms with E-state index in [1.807, 2.05) is 0 Å². The number of aromatic nitrogens is 1. The summed E-state index contributed by atoms with van der Waals surface area (Å²) in [6.45, 7) is 8.17. The normalized spacial score (nSPS) is 18.2. The van der Waals surface area contributed by atoms with Crippen LogP contribution in [0.5, 0.6) is 0 Å². The highest BCUT2D eigenvalue weighted by atomic mass is 32.2. The van der Waals surface area contributed by atoms with E-state index >= 15 is 0 Å². The third-order valence-electron chi connectivity index (χ3n) is 6.16. The van der Waals surface area contributed by atoms with Crippen LogP contribution in [0.2, 0.25) is 0 Å². The van der Waals surface area contributed by atoms with Crippen LogP contribution in [-0.4, -0.2) is 36.3 Å². The van der Waals surface area contributed by atoms with Gasteiger partial charge in [-0.1, -0.05) is 38.2 Å². The first-order valence-corrected chi connectivity index (χ1v) is 13.9. The summed E-state index contributed by atoms with van der Waals surface area (Å²) in [6, 6.07) is 12.6. The lowest BCUT2D eigenvalue weighted by atomic mass is 10.0. The Morgan fingerprint density at radius 1 is 1.15 bits per heavy atom. The smallest absolute Gasteiger partial charge is 0.279 e. The van der Waals surface area contributed by atoms with Crippen molar-refractivity contribution in [2.45, 2.75) is 57.9 Å². The molecule has 8 heteroatoms. The second kappa shape index (κ2) is 9.91. The molecule has 1 aliphatic rings. The summed E-state index contributed by atoms with van der Waals surface area (Å²) < 4.78 is 30.7. The Labute approximate surface area is 199 Å². The van der Waals surface area contributed by atoms with Crippen molar-refractivity contribution in [1.29, 1.82) is 0 Å². The maximum Gasteiger partial charge on any atom is 0.279 e. The van der Waals surface area contributed by atoms with Crippen LogP contribution in [0.15, 0.2) is 52.4 Å². The monoisotopic (exact) mass is 485 g/mol. The summed E-state index contributed by atoms with van der Waals surface area (Å²) in [5, 5.41) is 0. The van der Waals surface area contributed by atoms with E-state index in [1.54, 1.807) is 16.4 Å². The molecule has 0 spiro atoms. The number of hydrogen-bond donors (Lipinski definition) is 0. The van der Waals surface area contributed by atoms with Gasteiger partial charge in [-0.15, -0.1) is 0 Å². The molecular weight excluding hydrogens is 454 g/mol. The summed E-state index contributed by atoms with van der Waals surface area (Å²) in [4.78, 5) is 18.3. The minimum Gasteiger partial charge on any atom is -0.316 e. The van der Waals surface area contributed by atoms with Gasteiger partial charge in [-0.05, 0) is 73.6 Å². The molecule has 2 heterocycles. The van der Waals surface area contributed by atoms with Gasteiger partial charge in [0.1, 0.15) is 0 Å². The average molecular weight is 486 g/mol. The Bertz CT molecular complexity index is 1320. The number of sulfonamides is 1. The number of piperidine rings is 1. The zero-order chi connectivity index (χ0) is 23.6. The van der Waals surface area contributed by atoms with Gasteiger partial charge >= 0.3 is 0 Å². The predicted octanol–water partition coefficient (Wildman–Crippen LogP) is 4.84. The third kappa shape index (κ3) is 4.98. The third-order valence-corrected chi connectivity index (χ3v) is 9.08. The number of thiazole rings is 1. The summed E-state index contributed by atoms with van der Waals surface area (Å²) in [7, 11) is -3.54. The van der Waals surface area contributed by atoms with Gasteiger partial charge in [0.2, 0.25) is 10.0 Å². The Morgan fingerprint density at radius 2 is 1.91 bits per heavy atom. The van der Waals surface area contributed by atoms with E-state index in [4.69, 9.17) is 0 Å². The molecule has 0 aliphatic carbocycles. The Balaban J connectivity index is 1.64. The van der Waals surface area contributed by atoms with Gasteiger partial charge in [-0.2, -0.15) is 9.30 Å². The molecule has 1 aliphatic heterocycles. The largest absolute Gasteiger partial charge is 0.316 e. The topological polar surface area (TPSA) is 71.7 Å². The van der Waals surface area contributed by atoms with Crippen molar-refractivity contribution in [1.82, 2.24) is 8.87 Å². The van der Waals surface area contributed by atoms with Crippen LogP contribution in [0.3, 0.4) is 0 Å². The lowest BCUT2D eigenvalue weighted by molar-refractivity contribution is 0.0997. The fourth-order valence-electron chi connectivity index (χ4n) is 4.30. The Morgan fingerprint density at radius 3 is 2.58 bits per heavy atom. The van der Waals surface area contributed by atoms with Crippen molar-refractivity contribution < 1.29 is 13.2 Å². The van der Waals surface area contributed by atoms with E-state index in [0.717, 1.165) is 42.4 Å². The van der Waals surface area contributed by atoms with Crippen molar-refractivity contribution in [2.24, 2.45) is 10.9 Å². The van der Waals surface area contributed by atoms with Crippen LogP contribution in [0.4, 0.5) is 0 Å². The van der Waals surface area contributed by atoms with E-state index < -0.39 is 10.0 Å². The predicted molar refractivity (Wildman–Crippen MR) is 133 cm³/mol. The fraction of sp³-hybridized carbons (Fsp3) is 0.440. The SMILES string of the molecule is CCCn1c(=NC(=O)c2ccc(S(=O)(=O)N3CCCC(C)C3)cc2)sc2cc(CC)ccc21. The van der Waals surface area contributed by atoms with E-state index in [9.17, 15) is 13.2 Å². The number of amides is 1. The molecule has 1 aromatic heterocycles. The quantitative estimate of drug-likeness (QED) is 0.502. The minimum absolute atomic E-state index is 0.225. The van der Waals surface area contributed by atoms with Crippen LogP contribution < -0.4 is 4.80 Å². The fourth-order valence-corrected chi connectivity index (χ4v) is 7.01.